The molecule has 0 amide bonds. The number of benzene rings is 2. The van der Waals surface area contributed by atoms with Gasteiger partial charge >= 0.3 is 5.97 Å². The van der Waals surface area contributed by atoms with E-state index in [4.69, 9.17) is 33.0 Å². The third kappa shape index (κ3) is 4.75. The van der Waals surface area contributed by atoms with Gasteiger partial charge in [0.05, 0.1) is 21.1 Å². The molecule has 4 nitrogen and oxygen atoms in total. The zero-order valence-corrected chi connectivity index (χ0v) is 15.2. The maximum atomic E-state index is 10.6. The van der Waals surface area contributed by atoms with Gasteiger partial charge in [0, 0.05) is 5.02 Å². The second-order valence-electron chi connectivity index (χ2n) is 4.67. The maximum absolute atomic E-state index is 10.6. The van der Waals surface area contributed by atoms with Gasteiger partial charge < -0.3 is 9.84 Å². The molecule has 0 aliphatic heterocycles. The Hall–Kier alpha value is -2.00. The van der Waals surface area contributed by atoms with E-state index in [0.29, 0.717) is 20.6 Å². The molecule has 0 saturated heterocycles. The highest BCUT2D eigenvalue weighted by atomic mass is 79.9. The molecule has 0 spiro atoms. The molecular formula is C17H10BrCl2NO3. The van der Waals surface area contributed by atoms with Gasteiger partial charge in [0.25, 0.3) is 0 Å². The lowest BCUT2D eigenvalue weighted by atomic mass is 10.0. The molecule has 0 heterocycles. The molecule has 24 heavy (non-hydrogen) atoms. The number of carbonyl (C=O) groups is 1. The van der Waals surface area contributed by atoms with Crippen LogP contribution in [-0.2, 0) is 4.79 Å². The van der Waals surface area contributed by atoms with Crippen LogP contribution in [0, 0.1) is 11.3 Å². The van der Waals surface area contributed by atoms with Crippen molar-refractivity contribution in [3.8, 4) is 11.8 Å². The van der Waals surface area contributed by atoms with Crippen molar-refractivity contribution in [1.82, 2.24) is 0 Å². The molecule has 2 aromatic rings. The van der Waals surface area contributed by atoms with Crippen LogP contribution in [0.5, 0.6) is 5.75 Å². The molecule has 0 bridgehead atoms. The summed E-state index contributed by atoms with van der Waals surface area (Å²) in [4.78, 5) is 10.6. The Morgan fingerprint density at radius 2 is 1.96 bits per heavy atom. The van der Waals surface area contributed by atoms with E-state index in [1.165, 1.54) is 0 Å². The highest BCUT2D eigenvalue weighted by molar-refractivity contribution is 9.10. The molecule has 0 saturated carbocycles. The molecule has 7 heteroatoms. The number of aliphatic carboxylic acids is 1. The highest BCUT2D eigenvalue weighted by Crippen LogP contribution is 2.35. The van der Waals surface area contributed by atoms with Crippen molar-refractivity contribution in [1.29, 1.82) is 5.26 Å². The topological polar surface area (TPSA) is 70.3 Å². The molecular weight excluding hydrogens is 417 g/mol. The lowest BCUT2D eigenvalue weighted by Gasteiger charge is -2.09. The monoisotopic (exact) mass is 425 g/mol. The number of hydrogen-bond donors (Lipinski definition) is 1. The van der Waals surface area contributed by atoms with Crippen LogP contribution in [0.3, 0.4) is 0 Å². The minimum atomic E-state index is -1.10. The summed E-state index contributed by atoms with van der Waals surface area (Å²) in [5, 5.41) is 18.9. The second kappa shape index (κ2) is 8.20. The predicted molar refractivity (Wildman–Crippen MR) is 97.2 cm³/mol. The Bertz CT molecular complexity index is 819. The van der Waals surface area contributed by atoms with E-state index in [0.717, 1.165) is 5.56 Å². The number of rotatable bonds is 5. The molecule has 0 aliphatic carbocycles. The summed E-state index contributed by atoms with van der Waals surface area (Å²) in [5.74, 6) is -0.863. The molecule has 1 N–H and O–H groups in total. The van der Waals surface area contributed by atoms with E-state index in [9.17, 15) is 10.1 Å². The first-order chi connectivity index (χ1) is 11.4. The summed E-state index contributed by atoms with van der Waals surface area (Å²) < 4.78 is 5.63. The first kappa shape index (κ1) is 18.3. The Morgan fingerprint density at radius 1 is 1.29 bits per heavy atom. The van der Waals surface area contributed by atoms with E-state index in [2.05, 4.69) is 22.0 Å². The van der Waals surface area contributed by atoms with Gasteiger partial charge in [-0.15, -0.1) is 0 Å². The molecule has 0 aromatic heterocycles. The van der Waals surface area contributed by atoms with Crippen LogP contribution in [-0.4, -0.2) is 17.7 Å². The molecule has 2 aromatic carbocycles. The van der Waals surface area contributed by atoms with Crippen molar-refractivity contribution >= 4 is 56.8 Å². The first-order valence-corrected chi connectivity index (χ1v) is 8.17. The van der Waals surface area contributed by atoms with Crippen molar-refractivity contribution in [3.63, 3.8) is 0 Å². The van der Waals surface area contributed by atoms with Gasteiger partial charge in [0.2, 0.25) is 0 Å². The Balaban J connectivity index is 2.36. The van der Waals surface area contributed by atoms with Crippen molar-refractivity contribution in [2.75, 3.05) is 6.61 Å². The lowest BCUT2D eigenvalue weighted by Crippen LogP contribution is -2.10. The standard InChI is InChI=1S/C17H10BrCl2NO3/c18-14-6-10(7-15(20)17(14)24-9-16(22)23)5-12(8-21)11-1-3-13(19)4-2-11/h1-7H,9H2,(H,22,23)/b12-5+. The molecule has 0 unspecified atom stereocenters. The normalized spacial score (nSPS) is 11.0. The quantitative estimate of drug-likeness (QED) is 0.521. The smallest absolute Gasteiger partial charge is 0.341 e. The predicted octanol–water partition coefficient (Wildman–Crippen LogP) is 5.28. The van der Waals surface area contributed by atoms with Crippen LogP contribution >= 0.6 is 39.1 Å². The largest absolute Gasteiger partial charge is 0.479 e. The van der Waals surface area contributed by atoms with E-state index >= 15 is 0 Å². The number of halogens is 3. The zero-order chi connectivity index (χ0) is 17.7. The van der Waals surface area contributed by atoms with Gasteiger partial charge in [-0.1, -0.05) is 35.3 Å². The van der Waals surface area contributed by atoms with E-state index in [-0.39, 0.29) is 10.8 Å². The third-order valence-corrected chi connectivity index (χ3v) is 4.07. The Labute approximate surface area is 157 Å². The van der Waals surface area contributed by atoms with Crippen LogP contribution in [0.4, 0.5) is 0 Å². The number of allylic oxidation sites excluding steroid dienone is 1. The number of carboxylic acid groups (broad SMARTS) is 1. The first-order valence-electron chi connectivity index (χ1n) is 6.62. The van der Waals surface area contributed by atoms with Gasteiger partial charge in [0.1, 0.15) is 0 Å². The number of nitrogens with zero attached hydrogens (tertiary/aromatic N) is 1. The van der Waals surface area contributed by atoms with Crippen LogP contribution in [0.2, 0.25) is 10.0 Å². The zero-order valence-electron chi connectivity index (χ0n) is 12.1. The van der Waals surface area contributed by atoms with Crippen molar-refractivity contribution in [3.05, 3.63) is 62.0 Å². The van der Waals surface area contributed by atoms with Gasteiger partial charge in [-0.2, -0.15) is 5.26 Å². The number of ether oxygens (including phenoxy) is 1. The molecule has 0 aliphatic rings. The maximum Gasteiger partial charge on any atom is 0.341 e. The summed E-state index contributed by atoms with van der Waals surface area (Å²) in [6, 6.07) is 12.3. The number of nitriles is 1. The fraction of sp³-hybridized carbons (Fsp3) is 0.0588. The van der Waals surface area contributed by atoms with Crippen LogP contribution in [0.15, 0.2) is 40.9 Å². The van der Waals surface area contributed by atoms with Crippen LogP contribution in [0.1, 0.15) is 11.1 Å². The number of carboxylic acids is 1. The van der Waals surface area contributed by atoms with Crippen LogP contribution in [0.25, 0.3) is 11.6 Å². The van der Waals surface area contributed by atoms with E-state index in [1.807, 2.05) is 0 Å². The van der Waals surface area contributed by atoms with Crippen molar-refractivity contribution in [2.24, 2.45) is 0 Å². The SMILES string of the molecule is N#C/C(=C\c1cc(Cl)c(OCC(=O)O)c(Br)c1)c1ccc(Cl)cc1. The van der Waals surface area contributed by atoms with Gasteiger partial charge in [0.15, 0.2) is 12.4 Å². The van der Waals surface area contributed by atoms with Gasteiger partial charge in [-0.3, -0.25) is 0 Å². The van der Waals surface area contributed by atoms with E-state index in [1.54, 1.807) is 42.5 Å². The second-order valence-corrected chi connectivity index (χ2v) is 6.37. The minimum Gasteiger partial charge on any atom is -0.479 e. The summed E-state index contributed by atoms with van der Waals surface area (Å²) in [6.07, 6.45) is 1.67. The average Bonchev–Trinajstić information content (AvgIpc) is 2.52. The van der Waals surface area contributed by atoms with Crippen molar-refractivity contribution < 1.29 is 14.6 Å². The summed E-state index contributed by atoms with van der Waals surface area (Å²) in [5.41, 5.74) is 1.83. The van der Waals surface area contributed by atoms with E-state index < -0.39 is 12.6 Å². The summed E-state index contributed by atoms with van der Waals surface area (Å²) in [6.45, 7) is -0.498. The lowest BCUT2D eigenvalue weighted by molar-refractivity contribution is -0.139. The fourth-order valence-corrected chi connectivity index (χ4v) is 3.03. The fourth-order valence-electron chi connectivity index (χ4n) is 1.91. The molecule has 2 rings (SSSR count). The van der Waals surface area contributed by atoms with Gasteiger partial charge in [-0.25, -0.2) is 4.79 Å². The Morgan fingerprint density at radius 3 is 2.50 bits per heavy atom. The van der Waals surface area contributed by atoms with Crippen LogP contribution < -0.4 is 4.74 Å². The highest BCUT2D eigenvalue weighted by Gasteiger charge is 2.11. The molecule has 0 atom stereocenters. The molecule has 122 valence electrons. The minimum absolute atomic E-state index is 0.237. The van der Waals surface area contributed by atoms with Crippen molar-refractivity contribution in [2.45, 2.75) is 0 Å². The number of hydrogen-bond acceptors (Lipinski definition) is 3. The van der Waals surface area contributed by atoms with Gasteiger partial charge in [-0.05, 0) is 57.4 Å². The summed E-state index contributed by atoms with van der Waals surface area (Å²) in [7, 11) is 0. The molecule has 0 radical (unpaired) electrons. The Kier molecular flexibility index (Phi) is 6.27. The third-order valence-electron chi connectivity index (χ3n) is 2.95. The summed E-state index contributed by atoms with van der Waals surface area (Å²) >= 11 is 15.3. The molecule has 0 fully saturated rings. The average molecular weight is 427 g/mol.